The van der Waals surface area contributed by atoms with Crippen LogP contribution >= 0.6 is 0 Å². The summed E-state index contributed by atoms with van der Waals surface area (Å²) in [6.45, 7) is 31.9. The Morgan fingerprint density at radius 2 is 0.955 bits per heavy atom. The third-order valence-corrected chi connectivity index (χ3v) is 22.2. The number of allylic oxidation sites excluding steroid dienone is 6. The second kappa shape index (κ2) is 46.6. The Balaban J connectivity index is 0.000000162. The molecule has 2 aliphatic rings. The molecule has 13 aromatic carbocycles. The average molecular weight is 2270 g/mol. The van der Waals surface area contributed by atoms with Gasteiger partial charge in [0.05, 0.1) is 56.0 Å². The van der Waals surface area contributed by atoms with E-state index >= 15 is 0 Å². The number of ketones is 3. The van der Waals surface area contributed by atoms with Gasteiger partial charge in [0.25, 0.3) is 0 Å². The molecule has 0 unspecified atom stereocenters. The van der Waals surface area contributed by atoms with Gasteiger partial charge in [0.1, 0.15) is 0 Å². The predicted molar refractivity (Wildman–Crippen MR) is 531 cm³/mol. The van der Waals surface area contributed by atoms with E-state index in [1.165, 1.54) is 162 Å². The fraction of sp³-hybridized carbons (Fsp3) is 0.171. The first-order valence-corrected chi connectivity index (χ1v) is 43.6. The van der Waals surface area contributed by atoms with Crippen LogP contribution in [0.1, 0.15) is 111 Å². The Labute approximate surface area is 815 Å². The molecule has 0 amide bonds. The first-order valence-electron chi connectivity index (χ1n) is 43.6. The quantitative estimate of drug-likeness (QED) is 0.0415. The Morgan fingerprint density at radius 1 is 0.409 bits per heavy atom. The number of fused-ring (bicyclic) bond motifs is 18. The summed E-state index contributed by atoms with van der Waals surface area (Å²) >= 11 is 0. The number of pyridine rings is 4. The van der Waals surface area contributed by atoms with Crippen LogP contribution < -0.4 is 9.13 Å². The van der Waals surface area contributed by atoms with E-state index in [-0.39, 0.29) is 107 Å². The van der Waals surface area contributed by atoms with Crippen molar-refractivity contribution in [1.82, 2.24) is 19.9 Å². The van der Waals surface area contributed by atoms with Crippen LogP contribution in [0.2, 0.25) is 0 Å². The summed E-state index contributed by atoms with van der Waals surface area (Å²) in [6, 6.07) is 111. The van der Waals surface area contributed by atoms with Crippen molar-refractivity contribution in [2.45, 2.75) is 124 Å². The van der Waals surface area contributed by atoms with E-state index in [9.17, 15) is 19.5 Å². The maximum Gasteiger partial charge on any atom is 0.221 e. The Bertz CT molecular complexity index is 7250. The van der Waals surface area contributed by atoms with Crippen LogP contribution in [0.3, 0.4) is 0 Å². The summed E-state index contributed by atoms with van der Waals surface area (Å²) in [6.07, 6.45) is 7.68. The second-order valence-corrected chi connectivity index (χ2v) is 33.7. The molecule has 3 radical (unpaired) electrons. The van der Waals surface area contributed by atoms with E-state index in [0.29, 0.717) is 0 Å². The molecule has 132 heavy (non-hydrogen) atoms. The SMILES string of the molecule is CC(=O)C=C(C)O.CC(=O)C=C(C)O.CC(C)C(=O)C=C(O)C(C)C.Cc1[c-]c(-c2ccc3ccc(C)cc3n2)cc(C)c1.Cc1[c-]c(-c2ccc3ccccc3n2)cc(C)c1.Cc1cccc2c1C[n+]1c-2c(C)cc2ccccc21.Cc1cnc2c3[c-]cc(-c4ccccc4)cc3c3cc(-c4ccccc4)ccc3c2n1.[Ir].[Ir].[Ir].c1ccc2c(c1)C[n+]1ccc3ccccc3c1-2. The monoisotopic (exact) mass is 2270 g/mol. The number of nitrogens with zero attached hydrogens (tertiary/aromatic N) is 6. The molecule has 15 heteroatoms. The van der Waals surface area contributed by atoms with E-state index in [1.807, 2.05) is 71.1 Å². The normalized spacial score (nSPS) is 11.4. The number of carbonyl (C=O) groups excluding carboxylic acids is 3. The molecule has 2 aliphatic heterocycles. The molecule has 0 atom stereocenters. The first-order chi connectivity index (χ1) is 62.0. The molecule has 0 fully saturated rings. The summed E-state index contributed by atoms with van der Waals surface area (Å²) < 4.78 is 4.80. The Kier molecular flexibility index (Phi) is 35.7. The number of carbonyl (C=O) groups is 3. The molecule has 12 nitrogen and oxygen atoms in total. The number of rotatable bonds is 9. The second-order valence-electron chi connectivity index (χ2n) is 33.7. The number of hydrogen-bond donors (Lipinski definition) is 3. The number of hydrogen-bond acceptors (Lipinski definition) is 10. The number of para-hydroxylation sites is 2. The summed E-state index contributed by atoms with van der Waals surface area (Å²) in [5, 5.41) is 36.7. The fourth-order valence-electron chi connectivity index (χ4n) is 16.1. The maximum absolute atomic E-state index is 11.0. The largest absolute Gasteiger partial charge is 0.512 e. The topological polar surface area (TPSA) is 171 Å². The molecule has 5 aromatic heterocycles. The van der Waals surface area contributed by atoms with Gasteiger partial charge in [-0.2, -0.15) is 9.13 Å². The summed E-state index contributed by atoms with van der Waals surface area (Å²) in [5.74, 6) is 0.0356. The molecule has 18 aromatic rings. The van der Waals surface area contributed by atoms with Gasteiger partial charge in [0, 0.05) is 136 Å². The van der Waals surface area contributed by atoms with Crippen LogP contribution in [-0.4, -0.2) is 52.6 Å². The summed E-state index contributed by atoms with van der Waals surface area (Å²) in [4.78, 5) is 50.1. The van der Waals surface area contributed by atoms with E-state index in [1.54, 1.807) is 0 Å². The summed E-state index contributed by atoms with van der Waals surface area (Å²) in [7, 11) is 0. The van der Waals surface area contributed by atoms with E-state index in [2.05, 4.69) is 337 Å². The minimum Gasteiger partial charge on any atom is -0.512 e. The van der Waals surface area contributed by atoms with Gasteiger partial charge in [0.15, 0.2) is 36.6 Å². The molecule has 0 saturated carbocycles. The van der Waals surface area contributed by atoms with Crippen LogP contribution in [-0.2, 0) is 87.8 Å². The van der Waals surface area contributed by atoms with Gasteiger partial charge in [-0.3, -0.25) is 29.3 Å². The maximum atomic E-state index is 11.0. The Hall–Kier alpha value is -13.1. The molecule has 20 rings (SSSR count). The zero-order valence-electron chi connectivity index (χ0n) is 77.3. The van der Waals surface area contributed by atoms with E-state index in [4.69, 9.17) is 30.1 Å². The number of aliphatic hydroxyl groups excluding tert-OH is 3. The first kappa shape index (κ1) is 101. The van der Waals surface area contributed by atoms with Crippen LogP contribution in [0.25, 0.3) is 143 Å². The van der Waals surface area contributed by atoms with Gasteiger partial charge in [-0.25, -0.2) is 0 Å². The van der Waals surface area contributed by atoms with Crippen molar-refractivity contribution in [1.29, 1.82) is 0 Å². The molecule has 0 saturated heterocycles. The predicted octanol–water partition coefficient (Wildman–Crippen LogP) is 27.6. The van der Waals surface area contributed by atoms with E-state index < -0.39 is 0 Å². The van der Waals surface area contributed by atoms with Crippen molar-refractivity contribution in [3.05, 3.63) is 407 Å². The third kappa shape index (κ3) is 25.6. The van der Waals surface area contributed by atoms with E-state index in [0.717, 1.165) is 96.2 Å². The van der Waals surface area contributed by atoms with Crippen LogP contribution in [0.4, 0.5) is 0 Å². The Morgan fingerprint density at radius 3 is 1.56 bits per heavy atom. The number of aryl methyl sites for hydroxylation is 8. The molecular formula is C117H109Ir3N6O6-. The van der Waals surface area contributed by atoms with Crippen molar-refractivity contribution in [3.63, 3.8) is 0 Å². The van der Waals surface area contributed by atoms with Crippen molar-refractivity contribution in [2.24, 2.45) is 11.8 Å². The third-order valence-electron chi connectivity index (χ3n) is 22.2. The van der Waals surface area contributed by atoms with Crippen molar-refractivity contribution < 1.29 is 99.2 Å². The molecule has 671 valence electrons. The van der Waals surface area contributed by atoms with Crippen LogP contribution in [0, 0.1) is 85.4 Å². The van der Waals surface area contributed by atoms with Crippen LogP contribution in [0.15, 0.2) is 333 Å². The minimum atomic E-state index is -0.125. The molecule has 0 bridgehead atoms. The zero-order valence-corrected chi connectivity index (χ0v) is 84.5. The van der Waals surface area contributed by atoms with Gasteiger partial charge in [-0.1, -0.05) is 271 Å². The minimum absolute atomic E-state index is 0. The van der Waals surface area contributed by atoms with Crippen LogP contribution in [0.5, 0.6) is 0 Å². The number of aliphatic hydroxyl groups is 3. The fourth-order valence-corrected chi connectivity index (χ4v) is 16.1. The standard InChI is InChI=1S/C29H19N2.2C18H16N.C17H14N.C16H12N.C9H16O2.2C5H8O2.3Ir/c1-19-18-30-28-24-14-12-22(20-8-4-2-5-9-20)16-26(24)27-17-23(21-10-6-3-7-11-21)13-15-25(27)29(28)31-19;1-12-6-5-8-15-16(12)11-19-17-9-4-3-7-14(17)10-13(2)18(15)19;1-12-4-5-15-6-7-17(19-18(15)11-12)16-9-13(2)8-14(3)10-16;1-12-9-13(2)11-15(10-12)17-8-7-14-5-3-4-6-16(14)18-17;1-3-7-14-12(5-1)9-10-17-11-13-6-2-4-8-15(13)16(14)17;1-6(2)8(10)5-9(11)7(3)4;2*1-4(6)3-5(2)7;;;/h2-13,15-18H,1H3;3-10H,11H2,1-2H3;4-9,11H,1-3H3;3-10H,1-2H3;1-10H,11H2;5-7,10H,1-4H3;2*3,6H,1-2H3;;;/q-1;+1;2*-1;+1;;;;;;. The van der Waals surface area contributed by atoms with Gasteiger partial charge in [-0.15, -0.1) is 93.4 Å². The van der Waals surface area contributed by atoms with Gasteiger partial charge in [-0.05, 0) is 153 Å². The van der Waals surface area contributed by atoms with Gasteiger partial charge >= 0.3 is 0 Å². The smallest absolute Gasteiger partial charge is 0.221 e. The number of aromatic nitrogens is 6. The molecular weight excluding hydrogens is 2160 g/mol. The van der Waals surface area contributed by atoms with Crippen molar-refractivity contribution in [3.8, 4) is 67.3 Å². The van der Waals surface area contributed by atoms with Crippen molar-refractivity contribution in [2.75, 3.05) is 0 Å². The summed E-state index contributed by atoms with van der Waals surface area (Å²) in [5.41, 5.74) is 32.2. The van der Waals surface area contributed by atoms with Gasteiger partial charge < -0.3 is 20.3 Å². The molecule has 3 N–H and O–H groups in total. The van der Waals surface area contributed by atoms with Gasteiger partial charge in [0.2, 0.25) is 16.9 Å². The number of benzene rings is 13. The average Bonchev–Trinajstić information content (AvgIpc) is 1.06. The molecule has 7 heterocycles. The molecule has 0 aliphatic carbocycles. The molecule has 0 spiro atoms. The zero-order chi connectivity index (χ0) is 91.7. The van der Waals surface area contributed by atoms with Crippen molar-refractivity contribution >= 4 is 93.4 Å².